The molecule has 28 heavy (non-hydrogen) atoms. The molecule has 0 unspecified atom stereocenters. The number of hydrogen-bond acceptors (Lipinski definition) is 3. The molecule has 2 amide bonds. The quantitative estimate of drug-likeness (QED) is 0.721. The lowest BCUT2D eigenvalue weighted by molar-refractivity contribution is -0.142. The molecule has 5 heteroatoms. The van der Waals surface area contributed by atoms with E-state index in [0.717, 1.165) is 23.1 Å². The molecule has 150 valence electrons. The third-order valence-electron chi connectivity index (χ3n) is 4.57. The molecule has 0 fully saturated rings. The SMILES string of the molecule is CCCNC(=O)[C@@H](C)N(Cc1ccc(C)cc1)C(=O)COc1ccc(C)cc1. The largest absolute Gasteiger partial charge is 0.484 e. The number of carbonyl (C=O) groups excluding carboxylic acids is 2. The fourth-order valence-corrected chi connectivity index (χ4v) is 2.73. The van der Waals surface area contributed by atoms with Gasteiger partial charge >= 0.3 is 0 Å². The molecule has 1 atom stereocenters. The van der Waals surface area contributed by atoms with Gasteiger partial charge in [-0.1, -0.05) is 54.4 Å². The maximum Gasteiger partial charge on any atom is 0.261 e. The summed E-state index contributed by atoms with van der Waals surface area (Å²) in [5, 5.41) is 2.87. The van der Waals surface area contributed by atoms with Crippen molar-refractivity contribution in [3.05, 3.63) is 65.2 Å². The van der Waals surface area contributed by atoms with Gasteiger partial charge in [-0.15, -0.1) is 0 Å². The van der Waals surface area contributed by atoms with E-state index in [1.807, 2.05) is 69.3 Å². The van der Waals surface area contributed by atoms with Gasteiger partial charge < -0.3 is 15.0 Å². The van der Waals surface area contributed by atoms with Crippen LogP contribution in [0.4, 0.5) is 0 Å². The Morgan fingerprint density at radius 1 is 1.00 bits per heavy atom. The number of hydrogen-bond donors (Lipinski definition) is 1. The fraction of sp³-hybridized carbons (Fsp3) is 0.391. The zero-order valence-corrected chi connectivity index (χ0v) is 17.2. The minimum atomic E-state index is -0.582. The molecule has 0 spiro atoms. The van der Waals surface area contributed by atoms with E-state index in [1.165, 1.54) is 0 Å². The van der Waals surface area contributed by atoms with Gasteiger partial charge in [0.05, 0.1) is 0 Å². The molecule has 0 radical (unpaired) electrons. The summed E-state index contributed by atoms with van der Waals surface area (Å²) < 4.78 is 5.65. The minimum absolute atomic E-state index is 0.111. The lowest BCUT2D eigenvalue weighted by atomic mass is 10.1. The van der Waals surface area contributed by atoms with Crippen molar-refractivity contribution in [2.45, 2.75) is 46.7 Å². The van der Waals surface area contributed by atoms with E-state index < -0.39 is 6.04 Å². The highest BCUT2D eigenvalue weighted by atomic mass is 16.5. The summed E-state index contributed by atoms with van der Waals surface area (Å²) in [5.41, 5.74) is 3.25. The van der Waals surface area contributed by atoms with E-state index in [4.69, 9.17) is 4.74 Å². The van der Waals surface area contributed by atoms with Crippen molar-refractivity contribution >= 4 is 11.8 Å². The summed E-state index contributed by atoms with van der Waals surface area (Å²) in [6.07, 6.45) is 0.848. The first-order valence-electron chi connectivity index (χ1n) is 9.73. The van der Waals surface area contributed by atoms with Crippen LogP contribution in [0.1, 0.15) is 37.0 Å². The van der Waals surface area contributed by atoms with Crippen LogP contribution >= 0.6 is 0 Å². The summed E-state index contributed by atoms with van der Waals surface area (Å²) in [6, 6.07) is 14.9. The van der Waals surface area contributed by atoms with E-state index in [0.29, 0.717) is 18.8 Å². The number of rotatable bonds is 9. The van der Waals surface area contributed by atoms with Gasteiger partial charge in [-0.2, -0.15) is 0 Å². The first-order chi connectivity index (χ1) is 13.4. The summed E-state index contributed by atoms with van der Waals surface area (Å²) in [4.78, 5) is 26.9. The number of aryl methyl sites for hydroxylation is 2. The molecule has 0 aliphatic carbocycles. The zero-order chi connectivity index (χ0) is 20.5. The molecule has 2 aromatic carbocycles. The standard InChI is InChI=1S/C23H30N2O3/c1-5-14-24-23(27)19(4)25(15-20-10-6-17(2)7-11-20)22(26)16-28-21-12-8-18(3)9-13-21/h6-13,19H,5,14-16H2,1-4H3,(H,24,27)/t19-/m1/s1. The average Bonchev–Trinajstić information content (AvgIpc) is 2.70. The molecule has 0 aromatic heterocycles. The van der Waals surface area contributed by atoms with Crippen molar-refractivity contribution in [2.24, 2.45) is 0 Å². The molecule has 0 aliphatic rings. The van der Waals surface area contributed by atoms with Crippen molar-refractivity contribution in [3.8, 4) is 5.75 Å². The third kappa shape index (κ3) is 6.41. The topological polar surface area (TPSA) is 58.6 Å². The van der Waals surface area contributed by atoms with Crippen molar-refractivity contribution in [3.63, 3.8) is 0 Å². The molecule has 0 heterocycles. The second kappa shape index (κ2) is 10.5. The van der Waals surface area contributed by atoms with Gasteiger partial charge in [0.15, 0.2) is 6.61 Å². The van der Waals surface area contributed by atoms with E-state index in [-0.39, 0.29) is 18.4 Å². The Morgan fingerprint density at radius 2 is 1.57 bits per heavy atom. The van der Waals surface area contributed by atoms with Crippen LogP contribution in [0.25, 0.3) is 0 Å². The number of amides is 2. The molecular weight excluding hydrogens is 352 g/mol. The van der Waals surface area contributed by atoms with Gasteiger partial charge in [0.1, 0.15) is 11.8 Å². The highest BCUT2D eigenvalue weighted by Crippen LogP contribution is 2.14. The molecule has 0 saturated heterocycles. The van der Waals surface area contributed by atoms with Crippen LogP contribution in [0.3, 0.4) is 0 Å². The zero-order valence-electron chi connectivity index (χ0n) is 17.2. The summed E-state index contributed by atoms with van der Waals surface area (Å²) >= 11 is 0. The van der Waals surface area contributed by atoms with Gasteiger partial charge in [-0.25, -0.2) is 0 Å². The lowest BCUT2D eigenvalue weighted by Crippen LogP contribution is -2.49. The predicted molar refractivity (Wildman–Crippen MR) is 111 cm³/mol. The van der Waals surface area contributed by atoms with Gasteiger partial charge in [0, 0.05) is 13.1 Å². The number of benzene rings is 2. The highest BCUT2D eigenvalue weighted by Gasteiger charge is 2.26. The lowest BCUT2D eigenvalue weighted by Gasteiger charge is -2.28. The molecule has 5 nitrogen and oxygen atoms in total. The van der Waals surface area contributed by atoms with Crippen molar-refractivity contribution in [1.82, 2.24) is 10.2 Å². The van der Waals surface area contributed by atoms with Crippen LogP contribution in [0.5, 0.6) is 5.75 Å². The van der Waals surface area contributed by atoms with Crippen LogP contribution in [-0.4, -0.2) is 35.9 Å². The summed E-state index contributed by atoms with van der Waals surface area (Å²) in [5.74, 6) is 0.260. The maximum absolute atomic E-state index is 12.9. The average molecular weight is 383 g/mol. The predicted octanol–water partition coefficient (Wildman–Crippen LogP) is 3.63. The van der Waals surface area contributed by atoms with Crippen molar-refractivity contribution in [2.75, 3.05) is 13.2 Å². The van der Waals surface area contributed by atoms with Crippen LogP contribution in [-0.2, 0) is 16.1 Å². The number of nitrogens with zero attached hydrogens (tertiary/aromatic N) is 1. The first-order valence-corrected chi connectivity index (χ1v) is 9.73. The van der Waals surface area contributed by atoms with E-state index in [9.17, 15) is 9.59 Å². The molecule has 1 N–H and O–H groups in total. The van der Waals surface area contributed by atoms with Crippen molar-refractivity contribution in [1.29, 1.82) is 0 Å². The van der Waals surface area contributed by atoms with Gasteiger partial charge in [-0.3, -0.25) is 9.59 Å². The first kappa shape index (κ1) is 21.5. The van der Waals surface area contributed by atoms with Crippen molar-refractivity contribution < 1.29 is 14.3 Å². The molecule has 2 aromatic rings. The molecule has 2 rings (SSSR count). The number of ether oxygens (including phenoxy) is 1. The van der Waals surface area contributed by atoms with E-state index in [2.05, 4.69) is 5.32 Å². The number of carbonyl (C=O) groups is 2. The Kier molecular flexibility index (Phi) is 8.05. The molecular formula is C23H30N2O3. The van der Waals surface area contributed by atoms with Gasteiger partial charge in [-0.05, 0) is 44.9 Å². The molecule has 0 saturated carbocycles. The summed E-state index contributed by atoms with van der Waals surface area (Å²) in [7, 11) is 0. The maximum atomic E-state index is 12.9. The Labute approximate surface area is 167 Å². The Bertz CT molecular complexity index is 769. The number of nitrogens with one attached hydrogen (secondary N) is 1. The van der Waals surface area contributed by atoms with Gasteiger partial charge in [0.25, 0.3) is 5.91 Å². The van der Waals surface area contributed by atoms with Crippen LogP contribution in [0.2, 0.25) is 0 Å². The molecule has 0 aliphatic heterocycles. The second-order valence-corrected chi connectivity index (χ2v) is 7.08. The third-order valence-corrected chi connectivity index (χ3v) is 4.57. The van der Waals surface area contributed by atoms with Gasteiger partial charge in [0.2, 0.25) is 5.91 Å². The Balaban J connectivity index is 2.10. The minimum Gasteiger partial charge on any atom is -0.484 e. The normalized spacial score (nSPS) is 11.6. The van der Waals surface area contributed by atoms with Crippen LogP contribution in [0, 0.1) is 13.8 Å². The second-order valence-electron chi connectivity index (χ2n) is 7.08. The van der Waals surface area contributed by atoms with E-state index in [1.54, 1.807) is 11.8 Å². The van der Waals surface area contributed by atoms with E-state index >= 15 is 0 Å². The van der Waals surface area contributed by atoms with Crippen LogP contribution in [0.15, 0.2) is 48.5 Å². The summed E-state index contributed by atoms with van der Waals surface area (Å²) in [6.45, 7) is 8.60. The molecule has 0 bridgehead atoms. The monoisotopic (exact) mass is 382 g/mol. The highest BCUT2D eigenvalue weighted by molar-refractivity contribution is 5.87. The Hall–Kier alpha value is -2.82. The van der Waals surface area contributed by atoms with Crippen LogP contribution < -0.4 is 10.1 Å². The smallest absolute Gasteiger partial charge is 0.261 e. The Morgan fingerprint density at radius 3 is 2.14 bits per heavy atom. The fourth-order valence-electron chi connectivity index (χ4n) is 2.73.